The Balaban J connectivity index is 1.84. The van der Waals surface area contributed by atoms with Crippen LogP contribution in [0.5, 0.6) is 0 Å². The number of hydrogen-bond acceptors (Lipinski definition) is 7. The molecule has 1 aliphatic heterocycles. The molecular weight excluding hydrogens is 370 g/mol. The summed E-state index contributed by atoms with van der Waals surface area (Å²) in [7, 11) is -4.06. The molecule has 11 heteroatoms. The number of nitrogens with zero attached hydrogens (tertiary/aromatic N) is 5. The molecule has 25 heavy (non-hydrogen) atoms. The van der Waals surface area contributed by atoms with Crippen LogP contribution >= 0.6 is 11.6 Å². The second-order valence-electron chi connectivity index (χ2n) is 5.80. The van der Waals surface area contributed by atoms with Crippen molar-refractivity contribution in [2.24, 2.45) is 0 Å². The number of aliphatic hydroxyl groups is 1. The van der Waals surface area contributed by atoms with Gasteiger partial charge in [-0.3, -0.25) is 4.40 Å². The summed E-state index contributed by atoms with van der Waals surface area (Å²) in [6, 6.07) is 4.31. The molecule has 0 aromatic carbocycles. The zero-order chi connectivity index (χ0) is 17.8. The van der Waals surface area contributed by atoms with E-state index in [9.17, 15) is 13.5 Å². The van der Waals surface area contributed by atoms with Crippen molar-refractivity contribution in [3.05, 3.63) is 41.3 Å². The summed E-state index contributed by atoms with van der Waals surface area (Å²) in [5.74, 6) is 0.532. The Kier molecular flexibility index (Phi) is 3.80. The Hall–Kier alpha value is -2.01. The van der Waals surface area contributed by atoms with Crippen LogP contribution in [0.25, 0.3) is 5.65 Å². The summed E-state index contributed by atoms with van der Waals surface area (Å²) in [6.07, 6.45) is 0.888. The number of halogens is 1. The highest BCUT2D eigenvalue weighted by Crippen LogP contribution is 2.37. The van der Waals surface area contributed by atoms with Crippen molar-refractivity contribution in [1.29, 1.82) is 0 Å². The molecule has 1 fully saturated rings. The van der Waals surface area contributed by atoms with Crippen LogP contribution in [0, 0.1) is 6.92 Å². The number of fused-ring (bicyclic) bond motifs is 1. The lowest BCUT2D eigenvalue weighted by Crippen LogP contribution is -2.33. The van der Waals surface area contributed by atoms with Gasteiger partial charge in [0.05, 0.1) is 6.10 Å². The van der Waals surface area contributed by atoms with Gasteiger partial charge in [0.25, 0.3) is 10.0 Å². The second kappa shape index (κ2) is 5.77. The summed E-state index contributed by atoms with van der Waals surface area (Å²) in [5, 5.41) is 13.4. The Labute approximate surface area is 147 Å². The first kappa shape index (κ1) is 16.5. The molecule has 1 saturated heterocycles. The van der Waals surface area contributed by atoms with Crippen molar-refractivity contribution < 1.29 is 18.0 Å². The molecule has 0 spiro atoms. The van der Waals surface area contributed by atoms with E-state index in [4.69, 9.17) is 16.1 Å². The number of sulfonamides is 1. The van der Waals surface area contributed by atoms with Crippen LogP contribution in [-0.2, 0) is 10.0 Å². The van der Waals surface area contributed by atoms with Gasteiger partial charge in [-0.2, -0.15) is 9.29 Å². The molecule has 0 radical (unpaired) electrons. The van der Waals surface area contributed by atoms with E-state index in [2.05, 4.69) is 15.1 Å². The van der Waals surface area contributed by atoms with Gasteiger partial charge >= 0.3 is 0 Å². The van der Waals surface area contributed by atoms with Crippen molar-refractivity contribution in [3.63, 3.8) is 0 Å². The lowest BCUT2D eigenvalue weighted by molar-refractivity contribution is 0.188. The minimum absolute atomic E-state index is 0.0924. The minimum atomic E-state index is -4.06. The maximum Gasteiger partial charge on any atom is 0.263 e. The van der Waals surface area contributed by atoms with E-state index in [0.717, 1.165) is 4.31 Å². The molecule has 2 atom stereocenters. The first-order chi connectivity index (χ1) is 11.9. The van der Waals surface area contributed by atoms with Gasteiger partial charge in [0.15, 0.2) is 16.0 Å². The van der Waals surface area contributed by atoms with Crippen LogP contribution in [0.3, 0.4) is 0 Å². The largest absolute Gasteiger partial charge is 0.392 e. The molecule has 9 nitrogen and oxygen atoms in total. The van der Waals surface area contributed by atoms with E-state index in [-0.39, 0.29) is 29.0 Å². The molecule has 1 N–H and O–H groups in total. The van der Waals surface area contributed by atoms with E-state index in [1.807, 2.05) is 0 Å². The normalized spacial score (nSPS) is 22.0. The molecule has 4 rings (SSSR count). The van der Waals surface area contributed by atoms with Crippen molar-refractivity contribution in [2.75, 3.05) is 6.54 Å². The Morgan fingerprint density at radius 2 is 2.16 bits per heavy atom. The van der Waals surface area contributed by atoms with Crippen molar-refractivity contribution in [1.82, 2.24) is 23.8 Å². The van der Waals surface area contributed by atoms with Crippen molar-refractivity contribution >= 4 is 27.3 Å². The maximum atomic E-state index is 13.2. The van der Waals surface area contributed by atoms with E-state index >= 15 is 0 Å². The molecule has 0 bridgehead atoms. The second-order valence-corrected chi connectivity index (χ2v) is 7.96. The van der Waals surface area contributed by atoms with Gasteiger partial charge in [-0.25, -0.2) is 13.4 Å². The third-order valence-electron chi connectivity index (χ3n) is 4.06. The van der Waals surface area contributed by atoms with Crippen molar-refractivity contribution in [3.8, 4) is 0 Å². The van der Waals surface area contributed by atoms with Gasteiger partial charge in [0, 0.05) is 19.2 Å². The zero-order valence-corrected chi connectivity index (χ0v) is 14.6. The van der Waals surface area contributed by atoms with Gasteiger partial charge in [-0.1, -0.05) is 22.8 Å². The Bertz CT molecular complexity index is 1050. The van der Waals surface area contributed by atoms with Crippen LogP contribution in [0.4, 0.5) is 0 Å². The number of aromatic nitrogens is 4. The van der Waals surface area contributed by atoms with E-state index in [0.29, 0.717) is 11.5 Å². The fourth-order valence-corrected chi connectivity index (χ4v) is 5.24. The van der Waals surface area contributed by atoms with Gasteiger partial charge < -0.3 is 9.63 Å². The van der Waals surface area contributed by atoms with Gasteiger partial charge in [0.1, 0.15) is 11.7 Å². The third kappa shape index (κ3) is 2.61. The molecule has 3 aromatic rings. The molecule has 3 aromatic heterocycles. The lowest BCUT2D eigenvalue weighted by atomic mass is 10.2. The van der Waals surface area contributed by atoms with E-state index < -0.39 is 22.2 Å². The summed E-state index contributed by atoms with van der Waals surface area (Å²) in [4.78, 5) is 8.19. The van der Waals surface area contributed by atoms with Gasteiger partial charge in [0.2, 0.25) is 5.89 Å². The molecule has 4 heterocycles. The summed E-state index contributed by atoms with van der Waals surface area (Å²) < 4.78 is 34.1. The summed E-state index contributed by atoms with van der Waals surface area (Å²) in [6.45, 7) is 1.55. The number of hydrogen-bond donors (Lipinski definition) is 1. The van der Waals surface area contributed by atoms with E-state index in [1.54, 1.807) is 31.3 Å². The van der Waals surface area contributed by atoms with Gasteiger partial charge in [-0.05, 0) is 19.1 Å². The third-order valence-corrected chi connectivity index (χ3v) is 6.34. The molecule has 0 unspecified atom stereocenters. The molecule has 1 aliphatic rings. The highest BCUT2D eigenvalue weighted by Gasteiger charge is 2.45. The number of β-amino-alcohol motifs (C(OH)–C–C–N with tert-alkyl or cyclic N) is 1. The number of rotatable bonds is 3. The molecule has 0 aliphatic carbocycles. The number of imidazole rings is 1. The van der Waals surface area contributed by atoms with Crippen molar-refractivity contribution in [2.45, 2.75) is 30.5 Å². The van der Waals surface area contributed by atoms with Crippen LogP contribution in [0.1, 0.15) is 24.2 Å². The average Bonchev–Trinajstić information content (AvgIpc) is 3.23. The smallest absolute Gasteiger partial charge is 0.263 e. The topological polar surface area (TPSA) is 114 Å². The number of aryl methyl sites for hydroxylation is 1. The Morgan fingerprint density at radius 3 is 2.88 bits per heavy atom. The van der Waals surface area contributed by atoms with Crippen LogP contribution in [-0.4, -0.2) is 50.0 Å². The number of pyridine rings is 1. The molecule has 132 valence electrons. The Morgan fingerprint density at radius 1 is 1.36 bits per heavy atom. The first-order valence-electron chi connectivity index (χ1n) is 7.50. The highest BCUT2D eigenvalue weighted by atomic mass is 35.5. The molecule has 0 saturated carbocycles. The molecular formula is C14H14ClN5O4S. The fourth-order valence-electron chi connectivity index (χ4n) is 3.01. The summed E-state index contributed by atoms with van der Waals surface area (Å²) >= 11 is 6.11. The average molecular weight is 384 g/mol. The van der Waals surface area contributed by atoms with Crippen LogP contribution in [0.2, 0.25) is 5.15 Å². The number of aliphatic hydroxyl groups excluding tert-OH is 1. The first-order valence-corrected chi connectivity index (χ1v) is 9.32. The van der Waals surface area contributed by atoms with E-state index in [1.165, 1.54) is 4.40 Å². The maximum absolute atomic E-state index is 13.2. The lowest BCUT2D eigenvalue weighted by Gasteiger charge is -2.20. The predicted molar refractivity (Wildman–Crippen MR) is 86.5 cm³/mol. The molecule has 0 amide bonds. The SMILES string of the molecule is Cc1noc([C@H]2C[C@H](O)CN2S(=O)(=O)c2c(Cl)nc3ccccn23)n1. The minimum Gasteiger partial charge on any atom is -0.392 e. The summed E-state index contributed by atoms with van der Waals surface area (Å²) in [5.41, 5.74) is 0.413. The van der Waals surface area contributed by atoms with Gasteiger partial charge in [-0.15, -0.1) is 0 Å². The standard InChI is InChI=1S/C14H14ClN5O4S/c1-8-16-13(24-18-8)10-6-9(21)7-20(10)25(22,23)14-12(15)17-11-4-2-3-5-19(11)14/h2-5,9-10,21H,6-7H2,1H3/t9-,10+/m0/s1. The zero-order valence-electron chi connectivity index (χ0n) is 13.1. The predicted octanol–water partition coefficient (Wildman–Crippen LogP) is 1.18. The van der Waals surface area contributed by atoms with Crippen LogP contribution < -0.4 is 0 Å². The van der Waals surface area contributed by atoms with Crippen LogP contribution in [0.15, 0.2) is 33.9 Å². The monoisotopic (exact) mass is 383 g/mol. The quantitative estimate of drug-likeness (QED) is 0.722. The highest BCUT2D eigenvalue weighted by molar-refractivity contribution is 7.89. The fraction of sp³-hybridized carbons (Fsp3) is 0.357.